The van der Waals surface area contributed by atoms with Crippen molar-refractivity contribution in [1.29, 1.82) is 0 Å². The summed E-state index contributed by atoms with van der Waals surface area (Å²) in [5, 5.41) is 5.28. The predicted octanol–water partition coefficient (Wildman–Crippen LogP) is -1.07. The van der Waals surface area contributed by atoms with E-state index in [4.69, 9.17) is 11.6 Å². The lowest BCUT2D eigenvalue weighted by Gasteiger charge is -2.30. The number of hydrogen-bond acceptors (Lipinski definition) is 5. The summed E-state index contributed by atoms with van der Waals surface area (Å²) < 4.78 is 27.2. The number of hydrogen-bond donors (Lipinski definition) is 3. The maximum Gasteiger partial charge on any atom is 0.275 e. The van der Waals surface area contributed by atoms with Crippen LogP contribution in [-0.2, 0) is 19.6 Å². The van der Waals surface area contributed by atoms with E-state index >= 15 is 0 Å². The van der Waals surface area contributed by atoms with Crippen LogP contribution < -0.4 is 15.5 Å². The van der Waals surface area contributed by atoms with E-state index < -0.39 is 10.0 Å². The van der Waals surface area contributed by atoms with Gasteiger partial charge in [0.25, 0.3) is 15.9 Å². The largest absolute Gasteiger partial charge is 0.355 e. The van der Waals surface area contributed by atoms with Crippen LogP contribution in [0.2, 0.25) is 4.34 Å². The van der Waals surface area contributed by atoms with Crippen LogP contribution in [-0.4, -0.2) is 70.4 Å². The van der Waals surface area contributed by atoms with Crippen molar-refractivity contribution in [3.05, 3.63) is 16.5 Å². The summed E-state index contributed by atoms with van der Waals surface area (Å²) in [6.45, 7) is 4.49. The lowest BCUT2D eigenvalue weighted by Crippen LogP contribution is -3.15. The van der Waals surface area contributed by atoms with Gasteiger partial charge in [-0.05, 0) is 18.6 Å². The second kappa shape index (κ2) is 9.65. The van der Waals surface area contributed by atoms with Crippen LogP contribution in [0.3, 0.4) is 0 Å². The molecule has 0 saturated carbocycles. The predicted molar refractivity (Wildman–Crippen MR) is 100.0 cm³/mol. The molecule has 1 saturated heterocycles. The molecule has 2 rings (SSSR count). The van der Waals surface area contributed by atoms with Gasteiger partial charge in [-0.2, -0.15) is 4.31 Å². The molecule has 2 heterocycles. The van der Waals surface area contributed by atoms with Gasteiger partial charge in [0.2, 0.25) is 5.91 Å². The van der Waals surface area contributed by atoms with E-state index in [1.165, 1.54) is 10.4 Å². The Morgan fingerprint density at radius 3 is 2.50 bits per heavy atom. The third kappa shape index (κ3) is 5.92. The van der Waals surface area contributed by atoms with Gasteiger partial charge in [0.05, 0.1) is 37.1 Å². The zero-order valence-electron chi connectivity index (χ0n) is 14.6. The van der Waals surface area contributed by atoms with Crippen molar-refractivity contribution in [2.24, 2.45) is 0 Å². The van der Waals surface area contributed by atoms with Crippen molar-refractivity contribution in [3.8, 4) is 0 Å². The molecule has 146 valence electrons. The molecule has 0 atom stereocenters. The molecule has 0 unspecified atom stereocenters. The smallest absolute Gasteiger partial charge is 0.275 e. The summed E-state index contributed by atoms with van der Waals surface area (Å²) >= 11 is 6.87. The van der Waals surface area contributed by atoms with Crippen LogP contribution >= 0.6 is 22.9 Å². The quantitative estimate of drug-likeness (QED) is 0.496. The molecular weight excluding hydrogens is 400 g/mol. The zero-order valence-corrected chi connectivity index (χ0v) is 17.0. The molecule has 1 fully saturated rings. The molecule has 1 aromatic rings. The standard InChI is InChI=1S/C15H23ClN4O4S2/c1-2-5-17-13(21)10-18-14(22)11-19-6-8-20(9-7-19)26(23,24)15-4-3-12(16)25-15/h3-4H,2,5-11H2,1H3,(H,17,21)(H,18,22)/p+1. The highest BCUT2D eigenvalue weighted by Crippen LogP contribution is 2.27. The Labute approximate surface area is 162 Å². The first-order valence-electron chi connectivity index (χ1n) is 8.45. The minimum absolute atomic E-state index is 0.0360. The SMILES string of the molecule is CCCNC(=O)CNC(=O)C[NH+]1CCN(S(=O)(=O)c2ccc(Cl)s2)CC1. The molecule has 1 aromatic heterocycles. The number of nitrogens with zero attached hydrogens (tertiary/aromatic N) is 1. The fourth-order valence-electron chi connectivity index (χ4n) is 2.58. The van der Waals surface area contributed by atoms with E-state index in [0.717, 1.165) is 22.7 Å². The second-order valence-electron chi connectivity index (χ2n) is 6.02. The van der Waals surface area contributed by atoms with Crippen molar-refractivity contribution in [2.45, 2.75) is 17.6 Å². The van der Waals surface area contributed by atoms with E-state index in [2.05, 4.69) is 10.6 Å². The number of thiophene rings is 1. The van der Waals surface area contributed by atoms with Gasteiger partial charge in [-0.3, -0.25) is 9.59 Å². The average Bonchev–Trinajstić information content (AvgIpc) is 3.06. The van der Waals surface area contributed by atoms with E-state index in [1.54, 1.807) is 6.07 Å². The van der Waals surface area contributed by atoms with Gasteiger partial charge in [-0.25, -0.2) is 8.42 Å². The summed E-state index contributed by atoms with van der Waals surface area (Å²) in [4.78, 5) is 24.4. The van der Waals surface area contributed by atoms with Crippen LogP contribution in [0, 0.1) is 0 Å². The van der Waals surface area contributed by atoms with E-state index in [-0.39, 0.29) is 29.1 Å². The number of halogens is 1. The summed E-state index contributed by atoms with van der Waals surface area (Å²) in [5.74, 6) is -0.422. The zero-order chi connectivity index (χ0) is 19.2. The molecule has 0 bridgehead atoms. The maximum absolute atomic E-state index is 12.5. The molecular formula is C15H24ClN4O4S2+. The van der Waals surface area contributed by atoms with Crippen molar-refractivity contribution < 1.29 is 22.9 Å². The first-order chi connectivity index (χ1) is 12.3. The highest BCUT2D eigenvalue weighted by molar-refractivity contribution is 7.91. The number of piperazine rings is 1. The summed E-state index contributed by atoms with van der Waals surface area (Å²) in [7, 11) is -3.52. The molecule has 1 aliphatic heterocycles. The van der Waals surface area contributed by atoms with Gasteiger partial charge >= 0.3 is 0 Å². The summed E-state index contributed by atoms with van der Waals surface area (Å²) in [5.41, 5.74) is 0. The number of amides is 2. The first kappa shape index (κ1) is 21.1. The molecule has 0 aliphatic carbocycles. The van der Waals surface area contributed by atoms with Gasteiger partial charge in [0, 0.05) is 6.54 Å². The number of carbonyl (C=O) groups is 2. The van der Waals surface area contributed by atoms with E-state index in [1.807, 2.05) is 6.92 Å². The van der Waals surface area contributed by atoms with Crippen LogP contribution in [0.15, 0.2) is 16.3 Å². The van der Waals surface area contributed by atoms with Crippen LogP contribution in [0.5, 0.6) is 0 Å². The maximum atomic E-state index is 12.5. The summed E-state index contributed by atoms with van der Waals surface area (Å²) in [6.07, 6.45) is 0.842. The lowest BCUT2D eigenvalue weighted by molar-refractivity contribution is -0.895. The molecule has 11 heteroatoms. The van der Waals surface area contributed by atoms with Gasteiger partial charge in [0.15, 0.2) is 6.54 Å². The fourth-order valence-corrected chi connectivity index (χ4v) is 5.66. The molecule has 1 aliphatic rings. The van der Waals surface area contributed by atoms with Crippen LogP contribution in [0.4, 0.5) is 0 Å². The van der Waals surface area contributed by atoms with Crippen molar-refractivity contribution in [1.82, 2.24) is 14.9 Å². The Kier molecular flexibility index (Phi) is 7.84. The molecule has 0 radical (unpaired) electrons. The molecule has 0 spiro atoms. The Hall–Kier alpha value is -1.20. The second-order valence-corrected chi connectivity index (χ2v) is 9.90. The van der Waals surface area contributed by atoms with E-state index in [0.29, 0.717) is 37.1 Å². The molecule has 3 N–H and O–H groups in total. The lowest BCUT2D eigenvalue weighted by atomic mass is 10.3. The Bertz CT molecular complexity index is 730. The Morgan fingerprint density at radius 1 is 1.23 bits per heavy atom. The monoisotopic (exact) mass is 423 g/mol. The minimum atomic E-state index is -3.52. The fraction of sp³-hybridized carbons (Fsp3) is 0.600. The van der Waals surface area contributed by atoms with Crippen LogP contribution in [0.1, 0.15) is 13.3 Å². The number of nitrogens with one attached hydrogen (secondary N) is 3. The molecule has 2 amide bonds. The summed E-state index contributed by atoms with van der Waals surface area (Å²) in [6, 6.07) is 3.08. The number of carbonyl (C=O) groups excluding carboxylic acids is 2. The molecule has 8 nitrogen and oxygen atoms in total. The highest BCUT2D eigenvalue weighted by atomic mass is 35.5. The van der Waals surface area contributed by atoms with E-state index in [9.17, 15) is 18.0 Å². The molecule has 0 aromatic carbocycles. The van der Waals surface area contributed by atoms with Gasteiger partial charge in [-0.15, -0.1) is 11.3 Å². The molecule has 26 heavy (non-hydrogen) atoms. The Balaban J connectivity index is 1.76. The third-order valence-electron chi connectivity index (χ3n) is 4.00. The normalized spacial score (nSPS) is 16.4. The number of quaternary nitrogens is 1. The number of rotatable bonds is 8. The average molecular weight is 424 g/mol. The Morgan fingerprint density at radius 2 is 1.92 bits per heavy atom. The van der Waals surface area contributed by atoms with Crippen molar-refractivity contribution in [3.63, 3.8) is 0 Å². The first-order valence-corrected chi connectivity index (χ1v) is 11.1. The van der Waals surface area contributed by atoms with Gasteiger partial charge in [0.1, 0.15) is 4.21 Å². The van der Waals surface area contributed by atoms with Gasteiger partial charge < -0.3 is 15.5 Å². The van der Waals surface area contributed by atoms with Crippen LogP contribution in [0.25, 0.3) is 0 Å². The third-order valence-corrected chi connectivity index (χ3v) is 7.60. The van der Waals surface area contributed by atoms with Crippen molar-refractivity contribution >= 4 is 44.8 Å². The highest BCUT2D eigenvalue weighted by Gasteiger charge is 2.32. The van der Waals surface area contributed by atoms with Gasteiger partial charge in [-0.1, -0.05) is 18.5 Å². The van der Waals surface area contributed by atoms with Crippen molar-refractivity contribution in [2.75, 3.05) is 45.8 Å². The number of sulfonamides is 1. The topological polar surface area (TPSA) is 100 Å². The minimum Gasteiger partial charge on any atom is -0.355 e.